The van der Waals surface area contributed by atoms with Crippen LogP contribution < -0.4 is 10.3 Å². The van der Waals surface area contributed by atoms with E-state index in [9.17, 15) is 4.79 Å². The van der Waals surface area contributed by atoms with Crippen LogP contribution in [0.3, 0.4) is 0 Å². The van der Waals surface area contributed by atoms with Crippen molar-refractivity contribution in [3.8, 4) is 5.88 Å². The van der Waals surface area contributed by atoms with Crippen LogP contribution in [-0.4, -0.2) is 16.6 Å². The number of aromatic amines is 1. The Morgan fingerprint density at radius 1 is 1.53 bits per heavy atom. The van der Waals surface area contributed by atoms with Gasteiger partial charge in [0.2, 0.25) is 5.88 Å². The van der Waals surface area contributed by atoms with E-state index in [0.717, 1.165) is 6.42 Å². The van der Waals surface area contributed by atoms with Crippen molar-refractivity contribution in [3.05, 3.63) is 20.3 Å². The summed E-state index contributed by atoms with van der Waals surface area (Å²) in [6.45, 7) is 5.00. The molecule has 0 fully saturated rings. The van der Waals surface area contributed by atoms with Crippen LogP contribution in [-0.2, 0) is 0 Å². The molecule has 1 atom stereocenters. The van der Waals surface area contributed by atoms with E-state index in [0.29, 0.717) is 22.0 Å². The highest BCUT2D eigenvalue weighted by molar-refractivity contribution is 14.1. The molecular weight excluding hydrogens is 331 g/mol. The van der Waals surface area contributed by atoms with Crippen molar-refractivity contribution in [1.82, 2.24) is 9.97 Å². The maximum Gasteiger partial charge on any atom is 0.268 e. The Labute approximate surface area is 115 Å². The predicted molar refractivity (Wildman–Crippen MR) is 76.4 cm³/mol. The molecule has 96 valence electrons. The number of H-pyrrole nitrogens is 1. The van der Waals surface area contributed by atoms with Crippen LogP contribution in [0.5, 0.6) is 5.88 Å². The van der Waals surface area contributed by atoms with E-state index >= 15 is 0 Å². The monoisotopic (exact) mass is 350 g/mol. The molecule has 0 bridgehead atoms. The van der Waals surface area contributed by atoms with E-state index < -0.39 is 0 Å². The summed E-state index contributed by atoms with van der Waals surface area (Å²) >= 11 is 1.96. The lowest BCUT2D eigenvalue weighted by atomic mass is 10.0. The zero-order chi connectivity index (χ0) is 12.7. The molecule has 0 aliphatic heterocycles. The van der Waals surface area contributed by atoms with Gasteiger partial charge < -0.3 is 9.72 Å². The number of aromatic nitrogens is 2. The second-order valence-electron chi connectivity index (χ2n) is 4.08. The molecule has 0 amide bonds. The number of hydrogen-bond donors (Lipinski definition) is 1. The first-order valence-corrected chi connectivity index (χ1v) is 7.12. The molecule has 0 radical (unpaired) electrons. The lowest BCUT2D eigenvalue weighted by Gasteiger charge is -2.15. The molecule has 0 spiro atoms. The molecular formula is C12H19IN2O2. The van der Waals surface area contributed by atoms with Gasteiger partial charge in [-0.25, -0.2) is 4.98 Å². The summed E-state index contributed by atoms with van der Waals surface area (Å²) in [7, 11) is 0. The highest BCUT2D eigenvalue weighted by Crippen LogP contribution is 2.17. The lowest BCUT2D eigenvalue weighted by Crippen LogP contribution is -2.17. The molecule has 1 aromatic heterocycles. The van der Waals surface area contributed by atoms with E-state index in [2.05, 4.69) is 23.8 Å². The second kappa shape index (κ2) is 7.68. The van der Waals surface area contributed by atoms with Gasteiger partial charge in [-0.2, -0.15) is 0 Å². The highest BCUT2D eigenvalue weighted by Gasteiger charge is 2.10. The molecule has 17 heavy (non-hydrogen) atoms. The van der Waals surface area contributed by atoms with Crippen LogP contribution in [0.25, 0.3) is 0 Å². The van der Waals surface area contributed by atoms with Crippen molar-refractivity contribution in [2.75, 3.05) is 6.61 Å². The molecule has 1 unspecified atom stereocenters. The second-order valence-corrected chi connectivity index (χ2v) is 5.16. The summed E-state index contributed by atoms with van der Waals surface area (Å²) in [4.78, 5) is 17.9. The van der Waals surface area contributed by atoms with Gasteiger partial charge >= 0.3 is 0 Å². The summed E-state index contributed by atoms with van der Waals surface area (Å²) in [5, 5.41) is 0. The maximum absolute atomic E-state index is 11.3. The molecule has 1 rings (SSSR count). The summed E-state index contributed by atoms with van der Waals surface area (Å²) in [6, 6.07) is 0. The van der Waals surface area contributed by atoms with Crippen molar-refractivity contribution in [1.29, 1.82) is 0 Å². The molecule has 4 nitrogen and oxygen atoms in total. The first-order valence-electron chi connectivity index (χ1n) is 6.05. The molecule has 0 saturated carbocycles. The van der Waals surface area contributed by atoms with Crippen molar-refractivity contribution < 1.29 is 4.74 Å². The normalized spacial score (nSPS) is 12.4. The van der Waals surface area contributed by atoms with Crippen molar-refractivity contribution >= 4 is 22.6 Å². The fourth-order valence-electron chi connectivity index (χ4n) is 1.56. The molecule has 0 aromatic carbocycles. The standard InChI is InChI=1S/C12H19IN2O2/c1-3-5-6-9(4-2)7-17-12-10(13)11(16)14-8-15-12/h8-9H,3-7H2,1-2H3,(H,14,15,16). The first kappa shape index (κ1) is 14.5. The molecule has 1 heterocycles. The average molecular weight is 350 g/mol. The average Bonchev–Trinajstić information content (AvgIpc) is 2.34. The van der Waals surface area contributed by atoms with Crippen LogP contribution in [0.15, 0.2) is 11.1 Å². The van der Waals surface area contributed by atoms with Gasteiger partial charge in [-0.05, 0) is 34.9 Å². The predicted octanol–water partition coefficient (Wildman–Crippen LogP) is 2.97. The molecule has 1 aromatic rings. The van der Waals surface area contributed by atoms with Gasteiger partial charge in [0, 0.05) is 0 Å². The summed E-state index contributed by atoms with van der Waals surface area (Å²) in [6.07, 6.45) is 6.08. The zero-order valence-electron chi connectivity index (χ0n) is 10.3. The maximum atomic E-state index is 11.3. The lowest BCUT2D eigenvalue weighted by molar-refractivity contribution is 0.223. The van der Waals surface area contributed by atoms with E-state index in [-0.39, 0.29) is 5.56 Å². The largest absolute Gasteiger partial charge is 0.476 e. The Kier molecular flexibility index (Phi) is 6.54. The van der Waals surface area contributed by atoms with Crippen LogP contribution in [0, 0.1) is 9.49 Å². The van der Waals surface area contributed by atoms with Crippen LogP contribution in [0.4, 0.5) is 0 Å². The van der Waals surface area contributed by atoms with Crippen LogP contribution >= 0.6 is 22.6 Å². The van der Waals surface area contributed by atoms with Gasteiger partial charge in [0.15, 0.2) is 0 Å². The topological polar surface area (TPSA) is 55.0 Å². The van der Waals surface area contributed by atoms with Gasteiger partial charge in [-0.1, -0.05) is 33.1 Å². The van der Waals surface area contributed by atoms with Crippen LogP contribution in [0.2, 0.25) is 0 Å². The smallest absolute Gasteiger partial charge is 0.268 e. The Bertz CT molecular complexity index is 392. The Hall–Kier alpha value is -0.590. The number of ether oxygens (including phenoxy) is 1. The Morgan fingerprint density at radius 2 is 2.29 bits per heavy atom. The van der Waals surface area contributed by atoms with Gasteiger partial charge in [0.25, 0.3) is 5.56 Å². The van der Waals surface area contributed by atoms with Gasteiger partial charge in [0.05, 0.1) is 12.9 Å². The minimum Gasteiger partial charge on any atom is -0.476 e. The van der Waals surface area contributed by atoms with E-state index in [4.69, 9.17) is 4.74 Å². The minimum atomic E-state index is -0.141. The van der Waals surface area contributed by atoms with Crippen molar-refractivity contribution in [2.24, 2.45) is 5.92 Å². The SMILES string of the molecule is CCCCC(CC)COc1nc[nH]c(=O)c1I. The van der Waals surface area contributed by atoms with E-state index in [1.165, 1.54) is 25.6 Å². The number of halogens is 1. The number of nitrogens with zero attached hydrogens (tertiary/aromatic N) is 1. The Balaban J connectivity index is 2.53. The third-order valence-corrected chi connectivity index (χ3v) is 3.71. The third kappa shape index (κ3) is 4.65. The molecule has 0 aliphatic rings. The number of nitrogens with one attached hydrogen (secondary N) is 1. The van der Waals surface area contributed by atoms with Crippen molar-refractivity contribution in [3.63, 3.8) is 0 Å². The molecule has 1 N–H and O–H groups in total. The number of unbranched alkanes of at least 4 members (excludes halogenated alkanes) is 1. The molecule has 0 aliphatic carbocycles. The minimum absolute atomic E-state index is 0.141. The number of hydrogen-bond acceptors (Lipinski definition) is 3. The zero-order valence-corrected chi connectivity index (χ0v) is 12.5. The van der Waals surface area contributed by atoms with E-state index in [1.807, 2.05) is 22.6 Å². The Morgan fingerprint density at radius 3 is 2.94 bits per heavy atom. The summed E-state index contributed by atoms with van der Waals surface area (Å²) < 4.78 is 6.15. The quantitative estimate of drug-likeness (QED) is 0.770. The van der Waals surface area contributed by atoms with E-state index in [1.54, 1.807) is 0 Å². The van der Waals surface area contributed by atoms with Gasteiger partial charge in [-0.15, -0.1) is 0 Å². The van der Waals surface area contributed by atoms with Gasteiger partial charge in [-0.3, -0.25) is 4.79 Å². The molecule has 0 saturated heterocycles. The van der Waals surface area contributed by atoms with Gasteiger partial charge in [0.1, 0.15) is 3.57 Å². The fourth-order valence-corrected chi connectivity index (χ4v) is 2.01. The molecule has 5 heteroatoms. The highest BCUT2D eigenvalue weighted by atomic mass is 127. The fraction of sp³-hybridized carbons (Fsp3) is 0.667. The van der Waals surface area contributed by atoms with Crippen LogP contribution in [0.1, 0.15) is 39.5 Å². The third-order valence-electron chi connectivity index (χ3n) is 2.76. The summed E-state index contributed by atoms with van der Waals surface area (Å²) in [5.74, 6) is 0.996. The van der Waals surface area contributed by atoms with Crippen molar-refractivity contribution in [2.45, 2.75) is 39.5 Å². The first-order chi connectivity index (χ1) is 8.19. The number of rotatable bonds is 7. The summed E-state index contributed by atoms with van der Waals surface area (Å²) in [5.41, 5.74) is -0.141.